The number of nitrogens with zero attached hydrogens (tertiary/aromatic N) is 5. The first-order valence-electron chi connectivity index (χ1n) is 9.27. The Labute approximate surface area is 173 Å². The molecule has 1 saturated heterocycles. The van der Waals surface area contributed by atoms with E-state index in [1.165, 1.54) is 21.3 Å². The average molecular weight is 429 g/mol. The van der Waals surface area contributed by atoms with E-state index in [1.54, 1.807) is 30.3 Å². The van der Waals surface area contributed by atoms with Crippen LogP contribution in [0.25, 0.3) is 11.0 Å². The highest BCUT2D eigenvalue weighted by molar-refractivity contribution is 7.89. The van der Waals surface area contributed by atoms with Crippen LogP contribution in [0.1, 0.15) is 5.56 Å². The van der Waals surface area contributed by atoms with Gasteiger partial charge in [-0.3, -0.25) is 0 Å². The molecule has 3 aromatic rings. The zero-order valence-corrected chi connectivity index (χ0v) is 16.8. The number of aromatic nitrogens is 3. The standard InChI is InChI=1S/C19H19N5O5S/c20-14-15-1-3-16(4-2-15)28-11-12-29-24-19-13-17(5-6-18(19)21-22-24)30(25,26)23-7-9-27-10-8-23/h1-6,13H,7-12H2. The van der Waals surface area contributed by atoms with Crippen LogP contribution < -0.4 is 9.57 Å². The molecule has 10 nitrogen and oxygen atoms in total. The molecule has 0 amide bonds. The molecule has 0 spiro atoms. The Morgan fingerprint density at radius 3 is 2.60 bits per heavy atom. The lowest BCUT2D eigenvalue weighted by atomic mass is 10.2. The molecule has 0 saturated carbocycles. The van der Waals surface area contributed by atoms with Gasteiger partial charge in [-0.15, -0.1) is 5.10 Å². The molecule has 2 heterocycles. The zero-order valence-electron chi connectivity index (χ0n) is 16.0. The summed E-state index contributed by atoms with van der Waals surface area (Å²) in [6.07, 6.45) is 0. The van der Waals surface area contributed by atoms with Crippen LogP contribution in [0, 0.1) is 11.3 Å². The number of hydrogen-bond donors (Lipinski definition) is 0. The largest absolute Gasteiger partial charge is 0.490 e. The maximum Gasteiger partial charge on any atom is 0.243 e. The van der Waals surface area contributed by atoms with Gasteiger partial charge in [0.1, 0.15) is 23.4 Å². The maximum absolute atomic E-state index is 12.9. The zero-order chi connectivity index (χ0) is 21.0. The predicted molar refractivity (Wildman–Crippen MR) is 105 cm³/mol. The SMILES string of the molecule is N#Cc1ccc(OCCOn2nnc3ccc(S(=O)(=O)N4CCOCC4)cc32)cc1. The van der Waals surface area contributed by atoms with Crippen molar-refractivity contribution in [2.24, 2.45) is 0 Å². The fourth-order valence-corrected chi connectivity index (χ4v) is 4.41. The Morgan fingerprint density at radius 2 is 1.87 bits per heavy atom. The molecule has 0 atom stereocenters. The third kappa shape index (κ3) is 4.20. The van der Waals surface area contributed by atoms with Crippen molar-refractivity contribution in [2.75, 3.05) is 39.5 Å². The van der Waals surface area contributed by atoms with E-state index in [0.29, 0.717) is 48.6 Å². The van der Waals surface area contributed by atoms with E-state index >= 15 is 0 Å². The van der Waals surface area contributed by atoms with Crippen LogP contribution in [0.5, 0.6) is 5.75 Å². The fraction of sp³-hybridized carbons (Fsp3) is 0.316. The number of morpholine rings is 1. The first kappa shape index (κ1) is 20.1. The molecule has 4 rings (SSSR count). The van der Waals surface area contributed by atoms with Gasteiger partial charge in [-0.25, -0.2) is 8.42 Å². The normalized spacial score (nSPS) is 15.0. The topological polar surface area (TPSA) is 120 Å². The minimum absolute atomic E-state index is 0.151. The molecule has 0 unspecified atom stereocenters. The van der Waals surface area contributed by atoms with Crippen molar-refractivity contribution < 1.29 is 22.7 Å². The molecule has 30 heavy (non-hydrogen) atoms. The minimum Gasteiger partial charge on any atom is -0.490 e. The molecule has 1 aliphatic heterocycles. The summed E-state index contributed by atoms with van der Waals surface area (Å²) in [6, 6.07) is 13.4. The quantitative estimate of drug-likeness (QED) is 0.507. The third-order valence-electron chi connectivity index (χ3n) is 4.54. The first-order valence-corrected chi connectivity index (χ1v) is 10.7. The second-order valence-corrected chi connectivity index (χ2v) is 8.39. The van der Waals surface area contributed by atoms with E-state index in [1.807, 2.05) is 6.07 Å². The monoisotopic (exact) mass is 429 g/mol. The number of benzene rings is 2. The van der Waals surface area contributed by atoms with Crippen molar-refractivity contribution in [3.8, 4) is 11.8 Å². The number of hydrogen-bond acceptors (Lipinski definition) is 8. The van der Waals surface area contributed by atoms with Gasteiger partial charge in [0.05, 0.1) is 29.7 Å². The molecule has 0 bridgehead atoms. The second-order valence-electron chi connectivity index (χ2n) is 6.45. The number of fused-ring (bicyclic) bond motifs is 1. The van der Waals surface area contributed by atoms with Gasteiger partial charge in [0.15, 0.2) is 6.61 Å². The summed E-state index contributed by atoms with van der Waals surface area (Å²) >= 11 is 0. The van der Waals surface area contributed by atoms with Crippen LogP contribution in [-0.4, -0.2) is 67.4 Å². The Kier molecular flexibility index (Phi) is 5.80. The van der Waals surface area contributed by atoms with E-state index in [-0.39, 0.29) is 18.1 Å². The van der Waals surface area contributed by atoms with E-state index in [0.717, 1.165) is 0 Å². The van der Waals surface area contributed by atoms with Gasteiger partial charge in [0.25, 0.3) is 0 Å². The highest BCUT2D eigenvalue weighted by Crippen LogP contribution is 2.21. The van der Waals surface area contributed by atoms with E-state index in [2.05, 4.69) is 10.3 Å². The van der Waals surface area contributed by atoms with Gasteiger partial charge >= 0.3 is 0 Å². The lowest BCUT2D eigenvalue weighted by Gasteiger charge is -2.26. The maximum atomic E-state index is 12.9. The van der Waals surface area contributed by atoms with Crippen molar-refractivity contribution >= 4 is 21.1 Å². The molecule has 1 aliphatic rings. The Morgan fingerprint density at radius 1 is 1.10 bits per heavy atom. The Balaban J connectivity index is 1.43. The first-order chi connectivity index (χ1) is 14.6. The lowest BCUT2D eigenvalue weighted by Crippen LogP contribution is -2.40. The molecular weight excluding hydrogens is 410 g/mol. The fourth-order valence-electron chi connectivity index (χ4n) is 2.98. The average Bonchev–Trinajstić information content (AvgIpc) is 3.20. The summed E-state index contributed by atoms with van der Waals surface area (Å²) in [5.74, 6) is 0.611. The van der Waals surface area contributed by atoms with Crippen LogP contribution in [0.4, 0.5) is 0 Å². The van der Waals surface area contributed by atoms with Crippen molar-refractivity contribution in [1.82, 2.24) is 19.5 Å². The summed E-state index contributed by atoms with van der Waals surface area (Å²) in [4.78, 5) is 6.92. The highest BCUT2D eigenvalue weighted by atomic mass is 32.2. The molecule has 1 fully saturated rings. The van der Waals surface area contributed by atoms with Gasteiger partial charge in [-0.2, -0.15) is 9.57 Å². The molecule has 0 N–H and O–H groups in total. The minimum atomic E-state index is -3.63. The van der Waals surface area contributed by atoms with Crippen molar-refractivity contribution in [3.05, 3.63) is 48.0 Å². The van der Waals surface area contributed by atoms with E-state index in [4.69, 9.17) is 19.6 Å². The molecular formula is C19H19N5O5S. The summed E-state index contributed by atoms with van der Waals surface area (Å²) in [5, 5.41) is 16.7. The number of nitriles is 1. The van der Waals surface area contributed by atoms with Crippen molar-refractivity contribution in [3.63, 3.8) is 0 Å². The van der Waals surface area contributed by atoms with Gasteiger partial charge in [-0.1, -0.05) is 4.85 Å². The van der Waals surface area contributed by atoms with E-state index in [9.17, 15) is 8.42 Å². The number of rotatable bonds is 7. The highest BCUT2D eigenvalue weighted by Gasteiger charge is 2.27. The van der Waals surface area contributed by atoms with Crippen LogP contribution in [-0.2, 0) is 14.8 Å². The van der Waals surface area contributed by atoms with Crippen LogP contribution in [0.2, 0.25) is 0 Å². The van der Waals surface area contributed by atoms with Gasteiger partial charge < -0.3 is 14.3 Å². The van der Waals surface area contributed by atoms with Crippen LogP contribution >= 0.6 is 0 Å². The van der Waals surface area contributed by atoms with Gasteiger partial charge in [0.2, 0.25) is 10.0 Å². The molecule has 2 aromatic carbocycles. The van der Waals surface area contributed by atoms with Gasteiger partial charge in [-0.05, 0) is 47.7 Å². The predicted octanol–water partition coefficient (Wildman–Crippen LogP) is 0.831. The lowest BCUT2D eigenvalue weighted by molar-refractivity contribution is 0.0639. The van der Waals surface area contributed by atoms with Crippen LogP contribution in [0.3, 0.4) is 0 Å². The Hall–Kier alpha value is -3.20. The molecule has 11 heteroatoms. The third-order valence-corrected chi connectivity index (χ3v) is 6.44. The smallest absolute Gasteiger partial charge is 0.243 e. The van der Waals surface area contributed by atoms with Gasteiger partial charge in [0, 0.05) is 13.1 Å². The van der Waals surface area contributed by atoms with Crippen molar-refractivity contribution in [2.45, 2.75) is 4.90 Å². The van der Waals surface area contributed by atoms with E-state index < -0.39 is 10.0 Å². The second kappa shape index (κ2) is 8.66. The van der Waals surface area contributed by atoms with Crippen molar-refractivity contribution in [1.29, 1.82) is 5.26 Å². The summed E-state index contributed by atoms with van der Waals surface area (Å²) < 4.78 is 37.9. The Bertz CT molecular complexity index is 1160. The summed E-state index contributed by atoms with van der Waals surface area (Å²) in [5.41, 5.74) is 1.52. The van der Waals surface area contributed by atoms with Crippen LogP contribution in [0.15, 0.2) is 47.4 Å². The molecule has 156 valence electrons. The summed E-state index contributed by atoms with van der Waals surface area (Å²) in [6.45, 7) is 1.80. The molecule has 0 radical (unpaired) electrons. The molecule has 1 aromatic heterocycles. The summed E-state index contributed by atoms with van der Waals surface area (Å²) in [7, 11) is -3.63. The molecule has 0 aliphatic carbocycles. The number of ether oxygens (including phenoxy) is 2. The number of sulfonamides is 1.